The molecule has 1 aliphatic carbocycles. The normalized spacial score (nSPS) is 17.8. The van der Waals surface area contributed by atoms with Crippen LogP contribution < -0.4 is 5.73 Å². The number of amides is 1. The van der Waals surface area contributed by atoms with Gasteiger partial charge in [0.25, 0.3) is 5.91 Å². The molecule has 0 saturated carbocycles. The van der Waals surface area contributed by atoms with E-state index in [0.29, 0.717) is 0 Å². The summed E-state index contributed by atoms with van der Waals surface area (Å²) >= 11 is 0. The molecule has 0 fully saturated rings. The van der Waals surface area contributed by atoms with Crippen molar-refractivity contribution >= 4 is 22.5 Å². The Morgan fingerprint density at radius 1 is 0.931 bits per heavy atom. The van der Waals surface area contributed by atoms with Crippen LogP contribution >= 0.6 is 0 Å². The molecule has 8 N–H and O–H groups in total. The molecule has 4 rings (SSSR count). The fourth-order valence-electron chi connectivity index (χ4n) is 3.88. The van der Waals surface area contributed by atoms with Gasteiger partial charge in [0.2, 0.25) is 5.78 Å². The number of benzene rings is 3. The number of nitrogens with two attached hydrogens (primary N) is 1. The van der Waals surface area contributed by atoms with Crippen molar-refractivity contribution < 1.29 is 40.2 Å². The molecule has 9 nitrogen and oxygen atoms in total. The summed E-state index contributed by atoms with van der Waals surface area (Å²) in [5, 5.41) is 62.0. The Hall–Kier alpha value is -3.98. The second-order valence-electron chi connectivity index (χ2n) is 6.96. The summed E-state index contributed by atoms with van der Waals surface area (Å²) in [6.07, 6.45) is 0. The maximum Gasteiger partial charge on any atom is 0.256 e. The summed E-state index contributed by atoms with van der Waals surface area (Å²) in [5.74, 6) is -6.24. The first-order valence-electron chi connectivity index (χ1n) is 8.36. The Bertz CT molecular complexity index is 1280. The Morgan fingerprint density at radius 2 is 1.59 bits per heavy atom. The van der Waals surface area contributed by atoms with Crippen molar-refractivity contribution in [3.8, 4) is 28.7 Å². The Morgan fingerprint density at radius 3 is 2.21 bits per heavy atom. The second kappa shape index (κ2) is 5.52. The molecule has 0 aliphatic heterocycles. The van der Waals surface area contributed by atoms with Crippen molar-refractivity contribution in [2.24, 2.45) is 5.73 Å². The smallest absolute Gasteiger partial charge is 0.256 e. The molecule has 1 unspecified atom stereocenters. The van der Waals surface area contributed by atoms with Crippen LogP contribution in [0, 0.1) is 0 Å². The maximum atomic E-state index is 13.0. The highest BCUT2D eigenvalue weighted by Crippen LogP contribution is 2.53. The summed E-state index contributed by atoms with van der Waals surface area (Å²) in [5.41, 5.74) is 1.65. The molecular formula is C20H15NO8. The van der Waals surface area contributed by atoms with Crippen molar-refractivity contribution in [1.29, 1.82) is 0 Å². The minimum Gasteiger partial charge on any atom is -0.507 e. The standard InChI is InChI=1S/C20H15NO8/c1-20(29)7-3-2-4-9(22)11(7)17(26)12-8(20)5-6-10(15(12)24)16(25)13(19(21)28)18(27)14(6)23/h2-5,22-25,27,29H,1H3,(H2,21,28). The predicted molar refractivity (Wildman–Crippen MR) is 99.3 cm³/mol. The number of primary amides is 1. The van der Waals surface area contributed by atoms with E-state index in [9.17, 15) is 40.2 Å². The molecule has 3 aromatic carbocycles. The molecule has 0 aromatic heterocycles. The number of carbonyl (C=O) groups excluding carboxylic acids is 2. The van der Waals surface area contributed by atoms with E-state index in [1.807, 2.05) is 0 Å². The molecule has 0 bridgehead atoms. The average Bonchev–Trinajstić information content (AvgIpc) is 2.63. The van der Waals surface area contributed by atoms with Crippen LogP contribution in [0.1, 0.15) is 44.3 Å². The van der Waals surface area contributed by atoms with Crippen molar-refractivity contribution in [1.82, 2.24) is 0 Å². The molecular weight excluding hydrogens is 382 g/mol. The molecule has 9 heteroatoms. The van der Waals surface area contributed by atoms with Crippen molar-refractivity contribution in [3.05, 3.63) is 52.1 Å². The van der Waals surface area contributed by atoms with E-state index in [1.54, 1.807) is 0 Å². The highest BCUT2D eigenvalue weighted by atomic mass is 16.3. The van der Waals surface area contributed by atoms with Crippen LogP contribution in [0.3, 0.4) is 0 Å². The quantitative estimate of drug-likeness (QED) is 0.237. The maximum absolute atomic E-state index is 13.0. The zero-order valence-electron chi connectivity index (χ0n) is 14.9. The molecule has 0 heterocycles. The first kappa shape index (κ1) is 18.4. The number of phenols is 5. The van der Waals surface area contributed by atoms with Crippen molar-refractivity contribution in [3.63, 3.8) is 0 Å². The van der Waals surface area contributed by atoms with Crippen LogP contribution in [-0.4, -0.2) is 42.3 Å². The average molecular weight is 397 g/mol. The van der Waals surface area contributed by atoms with Gasteiger partial charge in [-0.05, 0) is 19.1 Å². The zero-order valence-corrected chi connectivity index (χ0v) is 14.9. The number of aromatic hydroxyl groups is 5. The number of aliphatic hydroxyl groups is 1. The number of phenolic OH excluding ortho intramolecular Hbond substituents is 3. The number of carbonyl (C=O) groups is 2. The minimum atomic E-state index is -1.89. The highest BCUT2D eigenvalue weighted by molar-refractivity contribution is 6.21. The van der Waals surface area contributed by atoms with Gasteiger partial charge < -0.3 is 36.4 Å². The van der Waals surface area contributed by atoms with Gasteiger partial charge in [0.05, 0.1) is 16.5 Å². The number of hydrogen-bond acceptors (Lipinski definition) is 8. The lowest BCUT2D eigenvalue weighted by Gasteiger charge is -2.34. The van der Waals surface area contributed by atoms with Crippen LogP contribution in [-0.2, 0) is 5.60 Å². The molecule has 148 valence electrons. The topological polar surface area (TPSA) is 182 Å². The van der Waals surface area contributed by atoms with Gasteiger partial charge in [0.15, 0.2) is 11.5 Å². The van der Waals surface area contributed by atoms with Crippen molar-refractivity contribution in [2.45, 2.75) is 12.5 Å². The van der Waals surface area contributed by atoms with Gasteiger partial charge in [0, 0.05) is 16.5 Å². The van der Waals surface area contributed by atoms with Gasteiger partial charge in [-0.25, -0.2) is 0 Å². The van der Waals surface area contributed by atoms with Crippen LogP contribution in [0.15, 0.2) is 24.3 Å². The summed E-state index contributed by atoms with van der Waals surface area (Å²) < 4.78 is 0. The van der Waals surface area contributed by atoms with Crippen molar-refractivity contribution in [2.75, 3.05) is 0 Å². The van der Waals surface area contributed by atoms with E-state index in [1.165, 1.54) is 25.1 Å². The summed E-state index contributed by atoms with van der Waals surface area (Å²) in [4.78, 5) is 24.6. The largest absolute Gasteiger partial charge is 0.507 e. The third-order valence-electron chi connectivity index (χ3n) is 5.28. The second-order valence-corrected chi connectivity index (χ2v) is 6.96. The van der Waals surface area contributed by atoms with Gasteiger partial charge >= 0.3 is 0 Å². The van der Waals surface area contributed by atoms with E-state index in [2.05, 4.69) is 0 Å². The predicted octanol–water partition coefficient (Wildman–Crippen LogP) is 1.27. The molecule has 3 aromatic rings. The molecule has 1 amide bonds. The Kier molecular flexibility index (Phi) is 3.50. The number of fused-ring (bicyclic) bond motifs is 3. The van der Waals surface area contributed by atoms with E-state index in [0.717, 1.165) is 6.07 Å². The van der Waals surface area contributed by atoms with E-state index in [-0.39, 0.29) is 22.1 Å². The summed E-state index contributed by atoms with van der Waals surface area (Å²) in [6.45, 7) is 1.32. The van der Waals surface area contributed by atoms with Crippen LogP contribution in [0.25, 0.3) is 10.8 Å². The van der Waals surface area contributed by atoms with Gasteiger partial charge in [-0.15, -0.1) is 0 Å². The lowest BCUT2D eigenvalue weighted by molar-refractivity contribution is 0.0853. The first-order valence-corrected chi connectivity index (χ1v) is 8.36. The third-order valence-corrected chi connectivity index (χ3v) is 5.28. The van der Waals surface area contributed by atoms with Gasteiger partial charge in [-0.3, -0.25) is 9.59 Å². The lowest BCUT2D eigenvalue weighted by Crippen LogP contribution is -2.33. The number of rotatable bonds is 1. The van der Waals surface area contributed by atoms with Crippen LogP contribution in [0.5, 0.6) is 28.7 Å². The Labute approximate surface area is 162 Å². The number of hydrogen-bond donors (Lipinski definition) is 7. The fraction of sp³-hybridized carbons (Fsp3) is 0.100. The van der Waals surface area contributed by atoms with Crippen LogP contribution in [0.4, 0.5) is 0 Å². The highest BCUT2D eigenvalue weighted by Gasteiger charge is 2.43. The summed E-state index contributed by atoms with van der Waals surface area (Å²) in [7, 11) is 0. The van der Waals surface area contributed by atoms with Gasteiger partial charge in [-0.2, -0.15) is 0 Å². The first-order chi connectivity index (χ1) is 13.5. The molecule has 0 radical (unpaired) electrons. The van der Waals surface area contributed by atoms with Gasteiger partial charge in [0.1, 0.15) is 28.4 Å². The Balaban J connectivity index is 2.23. The van der Waals surface area contributed by atoms with E-state index in [4.69, 9.17) is 5.73 Å². The number of ketones is 1. The minimum absolute atomic E-state index is 0.0652. The van der Waals surface area contributed by atoms with E-state index >= 15 is 0 Å². The lowest BCUT2D eigenvalue weighted by atomic mass is 9.73. The third kappa shape index (κ3) is 2.13. The molecule has 0 saturated heterocycles. The molecule has 29 heavy (non-hydrogen) atoms. The summed E-state index contributed by atoms with van der Waals surface area (Å²) in [6, 6.07) is 5.19. The zero-order chi connectivity index (χ0) is 21.4. The molecule has 0 spiro atoms. The fourth-order valence-corrected chi connectivity index (χ4v) is 3.88. The molecule has 1 atom stereocenters. The van der Waals surface area contributed by atoms with Gasteiger partial charge in [-0.1, -0.05) is 12.1 Å². The van der Waals surface area contributed by atoms with Crippen LogP contribution in [0.2, 0.25) is 0 Å². The monoisotopic (exact) mass is 397 g/mol. The SMILES string of the molecule is CC1(O)c2cccc(O)c2C(=O)c2c1cc1c(O)c(O)c(C(N)=O)c(O)c1c2O. The van der Waals surface area contributed by atoms with E-state index < -0.39 is 62.6 Å². The molecule has 1 aliphatic rings.